The van der Waals surface area contributed by atoms with Crippen molar-refractivity contribution < 1.29 is 9.59 Å². The maximum Gasteiger partial charge on any atom is 0.239 e. The average molecular weight is 183 g/mol. The Bertz CT molecular complexity index is 244. The molecule has 1 atom stereocenters. The van der Waals surface area contributed by atoms with Gasteiger partial charge in [0.1, 0.15) is 5.92 Å². The van der Waals surface area contributed by atoms with Crippen LogP contribution in [-0.2, 0) is 9.59 Å². The summed E-state index contributed by atoms with van der Waals surface area (Å²) in [6.07, 6.45) is 0. The first-order valence-electron chi connectivity index (χ1n) is 3.88. The van der Waals surface area contributed by atoms with Gasteiger partial charge in [0.25, 0.3) is 0 Å². The number of amides is 2. The smallest absolute Gasteiger partial charge is 0.239 e. The Morgan fingerprint density at radius 3 is 2.54 bits per heavy atom. The Labute approximate surface area is 77.3 Å². The normalized spacial score (nSPS) is 11.2. The molecule has 0 aliphatic carbocycles. The molecule has 0 bridgehead atoms. The second-order valence-electron chi connectivity index (χ2n) is 2.72. The Morgan fingerprint density at radius 1 is 1.62 bits per heavy atom. The highest BCUT2D eigenvalue weighted by Crippen LogP contribution is 1.97. The standard InChI is InChI=1S/C8H13N3O2/c1-6(4-9)8(13)11(3)5-7(12)10-2/h6H,5H2,1-3H3,(H,10,12). The molecule has 1 N–H and O–H groups in total. The summed E-state index contributed by atoms with van der Waals surface area (Å²) in [5.74, 6) is -1.29. The monoisotopic (exact) mass is 183 g/mol. The van der Waals surface area contributed by atoms with Gasteiger partial charge < -0.3 is 10.2 Å². The second-order valence-corrected chi connectivity index (χ2v) is 2.72. The molecule has 0 saturated carbocycles. The predicted octanol–water partition coefficient (Wildman–Crippen LogP) is -0.650. The molecule has 13 heavy (non-hydrogen) atoms. The lowest BCUT2D eigenvalue weighted by atomic mass is 10.2. The van der Waals surface area contributed by atoms with Crippen LogP contribution in [0.25, 0.3) is 0 Å². The van der Waals surface area contributed by atoms with Crippen LogP contribution in [0.3, 0.4) is 0 Å². The maximum atomic E-state index is 11.2. The molecule has 0 heterocycles. The number of carbonyl (C=O) groups is 2. The van der Waals surface area contributed by atoms with E-state index in [-0.39, 0.29) is 18.4 Å². The number of hydrogen-bond acceptors (Lipinski definition) is 3. The van der Waals surface area contributed by atoms with Crippen molar-refractivity contribution in [2.45, 2.75) is 6.92 Å². The van der Waals surface area contributed by atoms with E-state index < -0.39 is 5.92 Å². The van der Waals surface area contributed by atoms with Crippen molar-refractivity contribution in [2.75, 3.05) is 20.6 Å². The van der Waals surface area contributed by atoms with E-state index in [1.807, 2.05) is 6.07 Å². The maximum absolute atomic E-state index is 11.2. The van der Waals surface area contributed by atoms with Gasteiger partial charge in [-0.2, -0.15) is 5.26 Å². The summed E-state index contributed by atoms with van der Waals surface area (Å²) in [6.45, 7) is 1.49. The van der Waals surface area contributed by atoms with E-state index in [4.69, 9.17) is 5.26 Å². The number of hydrogen-bond donors (Lipinski definition) is 1. The van der Waals surface area contributed by atoms with Gasteiger partial charge in [-0.3, -0.25) is 9.59 Å². The highest BCUT2D eigenvalue weighted by atomic mass is 16.2. The second kappa shape index (κ2) is 5.14. The van der Waals surface area contributed by atoms with Crippen molar-refractivity contribution in [3.8, 4) is 6.07 Å². The van der Waals surface area contributed by atoms with E-state index in [1.54, 1.807) is 0 Å². The minimum atomic E-state index is -0.699. The first-order valence-corrected chi connectivity index (χ1v) is 3.88. The van der Waals surface area contributed by atoms with Crippen molar-refractivity contribution in [3.05, 3.63) is 0 Å². The van der Waals surface area contributed by atoms with Crippen LogP contribution in [0, 0.1) is 17.2 Å². The average Bonchev–Trinajstić information content (AvgIpc) is 2.14. The zero-order valence-electron chi connectivity index (χ0n) is 8.00. The number of nitriles is 1. The van der Waals surface area contributed by atoms with Crippen molar-refractivity contribution in [1.82, 2.24) is 10.2 Å². The lowest BCUT2D eigenvalue weighted by Crippen LogP contribution is -2.39. The molecule has 2 amide bonds. The molecule has 0 rings (SSSR count). The molecule has 5 heteroatoms. The van der Waals surface area contributed by atoms with E-state index in [9.17, 15) is 9.59 Å². The summed E-state index contributed by atoms with van der Waals surface area (Å²) in [7, 11) is 2.99. The molecular weight excluding hydrogens is 170 g/mol. The molecule has 0 aromatic carbocycles. The van der Waals surface area contributed by atoms with Gasteiger partial charge in [-0.15, -0.1) is 0 Å². The van der Waals surface area contributed by atoms with E-state index in [2.05, 4.69) is 5.32 Å². The quantitative estimate of drug-likeness (QED) is 0.632. The van der Waals surface area contributed by atoms with Crippen LogP contribution in [-0.4, -0.2) is 37.4 Å². The van der Waals surface area contributed by atoms with Gasteiger partial charge in [-0.1, -0.05) is 0 Å². The molecule has 1 unspecified atom stereocenters. The Balaban J connectivity index is 4.13. The van der Waals surface area contributed by atoms with E-state index in [1.165, 1.54) is 25.9 Å². The lowest BCUT2D eigenvalue weighted by molar-refractivity contribution is -0.136. The van der Waals surface area contributed by atoms with Crippen molar-refractivity contribution >= 4 is 11.8 Å². The summed E-state index contributed by atoms with van der Waals surface area (Å²) >= 11 is 0. The molecule has 0 saturated heterocycles. The molecule has 0 spiro atoms. The highest BCUT2D eigenvalue weighted by molar-refractivity contribution is 5.86. The number of carbonyl (C=O) groups excluding carboxylic acids is 2. The third kappa shape index (κ3) is 3.56. The van der Waals surface area contributed by atoms with Crippen LogP contribution in [0.4, 0.5) is 0 Å². The largest absolute Gasteiger partial charge is 0.358 e. The molecular formula is C8H13N3O2. The third-order valence-electron chi connectivity index (χ3n) is 1.60. The van der Waals surface area contributed by atoms with Gasteiger partial charge >= 0.3 is 0 Å². The van der Waals surface area contributed by atoms with Crippen LogP contribution in [0.15, 0.2) is 0 Å². The molecule has 5 nitrogen and oxygen atoms in total. The number of likely N-dealkylation sites (N-methyl/N-ethyl adjacent to an activating group) is 2. The fraction of sp³-hybridized carbons (Fsp3) is 0.625. The zero-order chi connectivity index (χ0) is 10.4. The van der Waals surface area contributed by atoms with Gasteiger partial charge in [0.15, 0.2) is 0 Å². The first kappa shape index (κ1) is 11.4. The minimum Gasteiger partial charge on any atom is -0.358 e. The third-order valence-corrected chi connectivity index (χ3v) is 1.60. The molecule has 72 valence electrons. The fourth-order valence-electron chi connectivity index (χ4n) is 0.758. The summed E-state index contributed by atoms with van der Waals surface area (Å²) in [6, 6.07) is 1.81. The van der Waals surface area contributed by atoms with E-state index in [0.717, 1.165) is 0 Å². The number of nitrogens with zero attached hydrogens (tertiary/aromatic N) is 2. The van der Waals surface area contributed by atoms with Crippen LogP contribution >= 0.6 is 0 Å². The lowest BCUT2D eigenvalue weighted by Gasteiger charge is -2.16. The van der Waals surface area contributed by atoms with Crippen LogP contribution in [0.5, 0.6) is 0 Å². The molecule has 0 aliphatic heterocycles. The van der Waals surface area contributed by atoms with Crippen LogP contribution in [0.1, 0.15) is 6.92 Å². The molecule has 0 fully saturated rings. The summed E-state index contributed by atoms with van der Waals surface area (Å²) in [5, 5.41) is 10.8. The SMILES string of the molecule is CNC(=O)CN(C)C(=O)C(C)C#N. The molecule has 0 aliphatic rings. The number of rotatable bonds is 3. The van der Waals surface area contributed by atoms with Gasteiger partial charge in [-0.25, -0.2) is 0 Å². The van der Waals surface area contributed by atoms with Crippen LogP contribution < -0.4 is 5.32 Å². The Kier molecular flexibility index (Phi) is 4.52. The zero-order valence-corrected chi connectivity index (χ0v) is 8.00. The van der Waals surface area contributed by atoms with Crippen molar-refractivity contribution in [1.29, 1.82) is 5.26 Å². The molecule has 0 radical (unpaired) electrons. The Morgan fingerprint density at radius 2 is 2.15 bits per heavy atom. The van der Waals surface area contributed by atoms with Crippen molar-refractivity contribution in [2.24, 2.45) is 5.92 Å². The van der Waals surface area contributed by atoms with E-state index >= 15 is 0 Å². The molecule has 0 aromatic heterocycles. The minimum absolute atomic E-state index is 0.0125. The number of nitrogens with one attached hydrogen (secondary N) is 1. The van der Waals surface area contributed by atoms with Gasteiger partial charge in [-0.05, 0) is 6.92 Å². The Hall–Kier alpha value is -1.57. The summed E-state index contributed by atoms with van der Waals surface area (Å²) < 4.78 is 0. The highest BCUT2D eigenvalue weighted by Gasteiger charge is 2.18. The first-order chi connectivity index (χ1) is 6.02. The fourth-order valence-corrected chi connectivity index (χ4v) is 0.758. The predicted molar refractivity (Wildman–Crippen MR) is 46.5 cm³/mol. The molecule has 0 aromatic rings. The topological polar surface area (TPSA) is 73.2 Å². The van der Waals surface area contributed by atoms with E-state index in [0.29, 0.717) is 0 Å². The summed E-state index contributed by atoms with van der Waals surface area (Å²) in [5.41, 5.74) is 0. The van der Waals surface area contributed by atoms with Gasteiger partial charge in [0.2, 0.25) is 11.8 Å². The summed E-state index contributed by atoms with van der Waals surface area (Å²) in [4.78, 5) is 23.3. The van der Waals surface area contributed by atoms with Crippen LogP contribution in [0.2, 0.25) is 0 Å². The van der Waals surface area contributed by atoms with Gasteiger partial charge in [0.05, 0.1) is 12.6 Å². The van der Waals surface area contributed by atoms with Gasteiger partial charge in [0, 0.05) is 14.1 Å². The van der Waals surface area contributed by atoms with Crippen molar-refractivity contribution in [3.63, 3.8) is 0 Å².